The van der Waals surface area contributed by atoms with Gasteiger partial charge in [-0.3, -0.25) is 9.69 Å². The second-order valence-corrected chi connectivity index (χ2v) is 7.81. The van der Waals surface area contributed by atoms with Crippen LogP contribution in [0.5, 0.6) is 5.75 Å². The van der Waals surface area contributed by atoms with Crippen molar-refractivity contribution in [2.45, 2.75) is 52.0 Å². The van der Waals surface area contributed by atoms with Crippen LogP contribution in [0.25, 0.3) is 0 Å². The van der Waals surface area contributed by atoms with E-state index in [1.165, 1.54) is 24.0 Å². The number of benzene rings is 1. The molecule has 1 aromatic rings. The maximum Gasteiger partial charge on any atom is 0.225 e. The van der Waals surface area contributed by atoms with Crippen molar-refractivity contribution in [2.75, 3.05) is 33.3 Å². The molecule has 0 aromatic heterocycles. The number of hydrogen-bond donors (Lipinski definition) is 0. The number of methoxy groups -OCH3 is 1. The van der Waals surface area contributed by atoms with Crippen LogP contribution < -0.4 is 4.74 Å². The predicted molar refractivity (Wildman–Crippen MR) is 101 cm³/mol. The molecule has 0 N–H and O–H groups in total. The van der Waals surface area contributed by atoms with E-state index in [4.69, 9.17) is 4.74 Å². The Hall–Kier alpha value is -1.55. The van der Waals surface area contributed by atoms with Gasteiger partial charge in [0.15, 0.2) is 0 Å². The van der Waals surface area contributed by atoms with Gasteiger partial charge in [-0.25, -0.2) is 0 Å². The Balaban J connectivity index is 1.58. The second-order valence-electron chi connectivity index (χ2n) is 7.81. The Bertz CT molecular complexity index is 586. The highest BCUT2D eigenvalue weighted by atomic mass is 16.5. The molecule has 0 saturated carbocycles. The minimum Gasteiger partial charge on any atom is -0.496 e. The third kappa shape index (κ3) is 4.35. The van der Waals surface area contributed by atoms with Crippen molar-refractivity contribution in [1.29, 1.82) is 0 Å². The summed E-state index contributed by atoms with van der Waals surface area (Å²) in [5, 5.41) is 0. The van der Waals surface area contributed by atoms with E-state index in [0.717, 1.165) is 51.3 Å². The molecule has 0 unspecified atom stereocenters. The molecule has 0 aliphatic carbocycles. The van der Waals surface area contributed by atoms with Crippen LogP contribution in [0.4, 0.5) is 0 Å². The first-order chi connectivity index (χ1) is 12.1. The number of carbonyl (C=O) groups excluding carboxylic acids is 1. The number of ether oxygens (including phenoxy) is 1. The van der Waals surface area contributed by atoms with E-state index < -0.39 is 0 Å². The van der Waals surface area contributed by atoms with Crippen LogP contribution in [0.15, 0.2) is 18.2 Å². The van der Waals surface area contributed by atoms with Gasteiger partial charge in [-0.05, 0) is 56.3 Å². The number of likely N-dealkylation sites (tertiary alicyclic amines) is 2. The zero-order valence-corrected chi connectivity index (χ0v) is 16.0. The van der Waals surface area contributed by atoms with E-state index >= 15 is 0 Å². The summed E-state index contributed by atoms with van der Waals surface area (Å²) in [6.07, 6.45) is 4.33. The van der Waals surface area contributed by atoms with Crippen LogP contribution >= 0.6 is 0 Å². The quantitative estimate of drug-likeness (QED) is 0.817. The Labute approximate surface area is 152 Å². The minimum absolute atomic E-state index is 0.234. The molecule has 2 aliphatic rings. The van der Waals surface area contributed by atoms with Gasteiger partial charge in [0.05, 0.1) is 7.11 Å². The maximum atomic E-state index is 12.6. The maximum absolute atomic E-state index is 12.6. The topological polar surface area (TPSA) is 32.8 Å². The first-order valence-electron chi connectivity index (χ1n) is 9.76. The van der Waals surface area contributed by atoms with E-state index in [1.54, 1.807) is 7.11 Å². The molecule has 2 fully saturated rings. The van der Waals surface area contributed by atoms with E-state index in [9.17, 15) is 4.79 Å². The van der Waals surface area contributed by atoms with Crippen molar-refractivity contribution in [2.24, 2.45) is 5.92 Å². The molecule has 25 heavy (non-hydrogen) atoms. The van der Waals surface area contributed by atoms with Gasteiger partial charge in [0.1, 0.15) is 5.75 Å². The van der Waals surface area contributed by atoms with Gasteiger partial charge in [0.2, 0.25) is 5.91 Å². The van der Waals surface area contributed by atoms with Crippen molar-refractivity contribution in [3.8, 4) is 5.75 Å². The summed E-state index contributed by atoms with van der Waals surface area (Å²) in [5.41, 5.74) is 2.62. The van der Waals surface area contributed by atoms with Crippen LogP contribution in [0.3, 0.4) is 0 Å². The molecule has 0 atom stereocenters. The molecule has 138 valence electrons. The Morgan fingerprint density at radius 2 is 1.84 bits per heavy atom. The van der Waals surface area contributed by atoms with Gasteiger partial charge in [0, 0.05) is 31.1 Å². The predicted octanol–water partition coefficient (Wildman–Crippen LogP) is 3.65. The lowest BCUT2D eigenvalue weighted by Gasteiger charge is -2.33. The summed E-state index contributed by atoms with van der Waals surface area (Å²) in [6, 6.07) is 6.53. The lowest BCUT2D eigenvalue weighted by atomic mass is 9.94. The molecule has 4 nitrogen and oxygen atoms in total. The zero-order chi connectivity index (χ0) is 17.8. The number of amides is 1. The lowest BCUT2D eigenvalue weighted by Crippen LogP contribution is -2.41. The van der Waals surface area contributed by atoms with Crippen LogP contribution in [-0.4, -0.2) is 49.0 Å². The van der Waals surface area contributed by atoms with E-state index in [-0.39, 0.29) is 5.92 Å². The number of carbonyl (C=O) groups is 1. The summed E-state index contributed by atoms with van der Waals surface area (Å²) in [7, 11) is 1.74. The van der Waals surface area contributed by atoms with Crippen LogP contribution in [-0.2, 0) is 11.3 Å². The average Bonchev–Trinajstić information content (AvgIpc) is 3.16. The van der Waals surface area contributed by atoms with Gasteiger partial charge in [0.25, 0.3) is 0 Å². The number of hydrogen-bond acceptors (Lipinski definition) is 3. The van der Waals surface area contributed by atoms with Crippen molar-refractivity contribution < 1.29 is 9.53 Å². The molecule has 1 aromatic carbocycles. The molecule has 3 rings (SSSR count). The monoisotopic (exact) mass is 344 g/mol. The fraction of sp³-hybridized carbons (Fsp3) is 0.667. The lowest BCUT2D eigenvalue weighted by molar-refractivity contribution is -0.136. The smallest absolute Gasteiger partial charge is 0.225 e. The third-order valence-corrected chi connectivity index (χ3v) is 5.72. The van der Waals surface area contributed by atoms with Gasteiger partial charge < -0.3 is 9.64 Å². The number of nitrogens with zero attached hydrogens (tertiary/aromatic N) is 2. The zero-order valence-electron chi connectivity index (χ0n) is 16.0. The van der Waals surface area contributed by atoms with E-state index in [0.29, 0.717) is 11.8 Å². The van der Waals surface area contributed by atoms with Crippen molar-refractivity contribution >= 4 is 5.91 Å². The highest BCUT2D eigenvalue weighted by Crippen LogP contribution is 2.28. The highest BCUT2D eigenvalue weighted by Gasteiger charge is 2.30. The summed E-state index contributed by atoms with van der Waals surface area (Å²) in [4.78, 5) is 17.1. The summed E-state index contributed by atoms with van der Waals surface area (Å²) in [5.74, 6) is 2.13. The molecule has 0 bridgehead atoms. The standard InChI is InChI=1S/C21H32N2O2/c1-16(2)18-6-7-20(25-3)19(14-18)15-22-12-8-17(9-13-22)21(24)23-10-4-5-11-23/h6-7,14,16-17H,4-5,8-13,15H2,1-3H3. The Morgan fingerprint density at radius 3 is 2.44 bits per heavy atom. The fourth-order valence-corrected chi connectivity index (χ4v) is 4.06. The largest absolute Gasteiger partial charge is 0.496 e. The average molecular weight is 344 g/mol. The molecule has 0 spiro atoms. The summed E-state index contributed by atoms with van der Waals surface area (Å²) >= 11 is 0. The number of rotatable bonds is 5. The van der Waals surface area contributed by atoms with E-state index in [1.807, 2.05) is 0 Å². The molecule has 2 saturated heterocycles. The Morgan fingerprint density at radius 1 is 1.16 bits per heavy atom. The molecule has 2 aliphatic heterocycles. The first-order valence-corrected chi connectivity index (χ1v) is 9.76. The van der Waals surface area contributed by atoms with Gasteiger partial charge in [-0.15, -0.1) is 0 Å². The molecular weight excluding hydrogens is 312 g/mol. The fourth-order valence-electron chi connectivity index (χ4n) is 4.06. The molecular formula is C21H32N2O2. The normalized spacial score (nSPS) is 19.6. The van der Waals surface area contributed by atoms with E-state index in [2.05, 4.69) is 41.8 Å². The molecule has 2 heterocycles. The third-order valence-electron chi connectivity index (χ3n) is 5.72. The summed E-state index contributed by atoms with van der Waals surface area (Å²) < 4.78 is 5.56. The molecule has 0 radical (unpaired) electrons. The van der Waals surface area contributed by atoms with Crippen LogP contribution in [0.2, 0.25) is 0 Å². The van der Waals surface area contributed by atoms with Crippen molar-refractivity contribution in [3.63, 3.8) is 0 Å². The minimum atomic E-state index is 0.234. The first kappa shape index (κ1) is 18.2. The van der Waals surface area contributed by atoms with Gasteiger partial charge in [-0.2, -0.15) is 0 Å². The van der Waals surface area contributed by atoms with Gasteiger partial charge >= 0.3 is 0 Å². The number of piperidine rings is 1. The highest BCUT2D eigenvalue weighted by molar-refractivity contribution is 5.79. The molecule has 4 heteroatoms. The van der Waals surface area contributed by atoms with Crippen molar-refractivity contribution in [1.82, 2.24) is 9.80 Å². The second kappa shape index (κ2) is 8.22. The van der Waals surface area contributed by atoms with Gasteiger partial charge in [-0.1, -0.05) is 26.0 Å². The van der Waals surface area contributed by atoms with Crippen LogP contribution in [0.1, 0.15) is 56.6 Å². The van der Waals surface area contributed by atoms with Crippen molar-refractivity contribution in [3.05, 3.63) is 29.3 Å². The SMILES string of the molecule is COc1ccc(C(C)C)cc1CN1CCC(C(=O)N2CCCC2)CC1. The summed E-state index contributed by atoms with van der Waals surface area (Å²) in [6.45, 7) is 9.30. The molecule has 1 amide bonds. The van der Waals surface area contributed by atoms with Crippen LogP contribution in [0, 0.1) is 5.92 Å². The Kier molecular flexibility index (Phi) is 6.00.